The molecular formula is C25H24ClN3O3S. The van der Waals surface area contributed by atoms with Gasteiger partial charge in [-0.15, -0.1) is 0 Å². The average Bonchev–Trinajstić information content (AvgIpc) is 3.02. The molecule has 1 amide bonds. The number of amides is 1. The fourth-order valence-electron chi connectivity index (χ4n) is 3.73. The molecule has 0 aliphatic carbocycles. The minimum atomic E-state index is -3.93. The van der Waals surface area contributed by atoms with Crippen LogP contribution in [0.1, 0.15) is 47.8 Å². The summed E-state index contributed by atoms with van der Waals surface area (Å²) >= 11 is 6.39. The van der Waals surface area contributed by atoms with Gasteiger partial charge in [0.1, 0.15) is 0 Å². The van der Waals surface area contributed by atoms with Crippen molar-refractivity contribution in [2.45, 2.75) is 37.6 Å². The zero-order valence-electron chi connectivity index (χ0n) is 18.6. The van der Waals surface area contributed by atoms with Gasteiger partial charge in [-0.05, 0) is 52.9 Å². The third-order valence-electron chi connectivity index (χ3n) is 5.59. The van der Waals surface area contributed by atoms with Crippen molar-refractivity contribution in [1.82, 2.24) is 9.88 Å². The number of fused-ring (bicyclic) bond motifs is 1. The number of sulfonamides is 1. The Labute approximate surface area is 199 Å². The van der Waals surface area contributed by atoms with Crippen LogP contribution in [-0.4, -0.2) is 24.2 Å². The highest BCUT2D eigenvalue weighted by atomic mass is 35.5. The molecule has 1 aliphatic rings. The first-order chi connectivity index (χ1) is 15.5. The van der Waals surface area contributed by atoms with E-state index in [2.05, 4.69) is 37.1 Å². The average molecular weight is 482 g/mol. The summed E-state index contributed by atoms with van der Waals surface area (Å²) in [6.45, 7) is 10.5. The second-order valence-electron chi connectivity index (χ2n) is 8.92. The molecule has 0 radical (unpaired) electrons. The van der Waals surface area contributed by atoms with Gasteiger partial charge in [-0.1, -0.05) is 51.1 Å². The topological polar surface area (TPSA) is 79.4 Å². The van der Waals surface area contributed by atoms with Crippen LogP contribution in [0, 0.1) is 0 Å². The molecule has 0 fully saturated rings. The molecule has 0 atom stereocenters. The molecule has 0 bridgehead atoms. The Morgan fingerprint density at radius 1 is 1.00 bits per heavy atom. The number of aromatic nitrogens is 1. The molecule has 6 nitrogen and oxygen atoms in total. The number of carbonyl (C=O) groups excluding carboxylic acids is 1. The van der Waals surface area contributed by atoms with Crippen LogP contribution in [-0.2, 0) is 22.0 Å². The van der Waals surface area contributed by atoms with Crippen LogP contribution in [0.25, 0.3) is 5.70 Å². The fourth-order valence-corrected chi connectivity index (χ4v) is 5.07. The number of halogens is 1. The monoisotopic (exact) mass is 481 g/mol. The Kier molecular flexibility index (Phi) is 5.80. The van der Waals surface area contributed by atoms with E-state index >= 15 is 0 Å². The van der Waals surface area contributed by atoms with E-state index in [4.69, 9.17) is 11.6 Å². The molecule has 170 valence electrons. The van der Waals surface area contributed by atoms with Gasteiger partial charge < -0.3 is 4.90 Å². The van der Waals surface area contributed by atoms with Crippen molar-refractivity contribution in [2.75, 3.05) is 4.72 Å². The van der Waals surface area contributed by atoms with Crippen molar-refractivity contribution in [1.29, 1.82) is 0 Å². The molecule has 0 spiro atoms. The highest BCUT2D eigenvalue weighted by molar-refractivity contribution is 7.92. The standard InChI is InChI=1S/C25H24ClN3O3S/c1-16-22-20(26)9-10-21(23(22)24(30)29(16)15-17-11-13-27-14-12-17)28-33(31,32)19-7-5-18(6-8-19)25(2,3)4/h5-14,28H,1,15H2,2-4H3. The Morgan fingerprint density at radius 2 is 1.64 bits per heavy atom. The lowest BCUT2D eigenvalue weighted by molar-refractivity contribution is 0.0844. The van der Waals surface area contributed by atoms with E-state index in [0.717, 1.165) is 11.1 Å². The molecule has 3 aromatic rings. The highest BCUT2D eigenvalue weighted by Crippen LogP contribution is 2.41. The van der Waals surface area contributed by atoms with Crippen LogP contribution in [0.4, 0.5) is 5.69 Å². The largest absolute Gasteiger partial charge is 0.304 e. The van der Waals surface area contributed by atoms with Gasteiger partial charge in [0.05, 0.1) is 27.7 Å². The minimum absolute atomic E-state index is 0.0994. The smallest absolute Gasteiger partial charge is 0.261 e. The van der Waals surface area contributed by atoms with Gasteiger partial charge in [-0.3, -0.25) is 14.5 Å². The predicted molar refractivity (Wildman–Crippen MR) is 131 cm³/mol. The van der Waals surface area contributed by atoms with Crippen molar-refractivity contribution in [3.8, 4) is 0 Å². The summed E-state index contributed by atoms with van der Waals surface area (Å²) in [5.41, 5.74) is 3.00. The molecule has 2 heterocycles. The summed E-state index contributed by atoms with van der Waals surface area (Å²) in [5, 5.41) is 0.332. The lowest BCUT2D eigenvalue weighted by Crippen LogP contribution is -2.23. The fraction of sp³-hybridized carbons (Fsp3) is 0.200. The predicted octanol–water partition coefficient (Wildman–Crippen LogP) is 5.46. The summed E-state index contributed by atoms with van der Waals surface area (Å²) < 4.78 is 28.8. The number of hydrogen-bond donors (Lipinski definition) is 1. The lowest BCUT2D eigenvalue weighted by Gasteiger charge is -2.19. The molecule has 1 aliphatic heterocycles. The van der Waals surface area contributed by atoms with E-state index in [9.17, 15) is 13.2 Å². The van der Waals surface area contributed by atoms with E-state index in [1.165, 1.54) is 11.0 Å². The summed E-state index contributed by atoms with van der Waals surface area (Å²) in [4.78, 5) is 18.9. The van der Waals surface area contributed by atoms with Crippen LogP contribution in [0.2, 0.25) is 5.02 Å². The second-order valence-corrected chi connectivity index (χ2v) is 11.0. The number of pyridine rings is 1. The summed E-state index contributed by atoms with van der Waals surface area (Å²) in [7, 11) is -3.93. The summed E-state index contributed by atoms with van der Waals surface area (Å²) in [6, 6.07) is 13.4. The van der Waals surface area contributed by atoms with Crippen molar-refractivity contribution in [3.05, 3.63) is 94.8 Å². The number of carbonyl (C=O) groups is 1. The van der Waals surface area contributed by atoms with E-state index < -0.39 is 10.0 Å². The van der Waals surface area contributed by atoms with E-state index in [0.29, 0.717) is 16.3 Å². The van der Waals surface area contributed by atoms with E-state index in [1.54, 1.807) is 54.9 Å². The molecule has 8 heteroatoms. The van der Waals surface area contributed by atoms with Crippen LogP contribution in [0.15, 0.2) is 72.4 Å². The van der Waals surface area contributed by atoms with Crippen LogP contribution < -0.4 is 4.72 Å². The molecule has 1 aromatic heterocycles. The Balaban J connectivity index is 1.68. The molecule has 0 saturated carbocycles. The van der Waals surface area contributed by atoms with Gasteiger partial charge in [0.25, 0.3) is 15.9 Å². The third kappa shape index (κ3) is 4.38. The number of rotatable bonds is 5. The summed E-state index contributed by atoms with van der Waals surface area (Å²) in [6.07, 6.45) is 3.28. The third-order valence-corrected chi connectivity index (χ3v) is 7.29. The minimum Gasteiger partial charge on any atom is -0.304 e. The van der Waals surface area contributed by atoms with Crippen molar-refractivity contribution < 1.29 is 13.2 Å². The molecule has 4 rings (SSSR count). The first kappa shape index (κ1) is 23.0. The van der Waals surface area contributed by atoms with Gasteiger partial charge in [0, 0.05) is 23.7 Å². The van der Waals surface area contributed by atoms with Crippen molar-refractivity contribution in [3.63, 3.8) is 0 Å². The van der Waals surface area contributed by atoms with E-state index in [1.807, 2.05) is 0 Å². The van der Waals surface area contributed by atoms with Gasteiger partial charge in [0.2, 0.25) is 0 Å². The summed E-state index contributed by atoms with van der Waals surface area (Å²) in [5.74, 6) is -0.366. The number of nitrogens with one attached hydrogen (secondary N) is 1. The van der Waals surface area contributed by atoms with E-state index in [-0.39, 0.29) is 34.0 Å². The highest BCUT2D eigenvalue weighted by Gasteiger charge is 2.36. The Hall–Kier alpha value is -3.16. The van der Waals surface area contributed by atoms with Crippen LogP contribution >= 0.6 is 11.6 Å². The van der Waals surface area contributed by atoms with Gasteiger partial charge in [0.15, 0.2) is 0 Å². The Bertz CT molecular complexity index is 1350. The second kappa shape index (κ2) is 8.32. The zero-order valence-corrected chi connectivity index (χ0v) is 20.2. The first-order valence-electron chi connectivity index (χ1n) is 10.3. The molecule has 0 unspecified atom stereocenters. The quantitative estimate of drug-likeness (QED) is 0.524. The Morgan fingerprint density at radius 3 is 2.24 bits per heavy atom. The molecule has 0 saturated heterocycles. The molecular weight excluding hydrogens is 458 g/mol. The zero-order chi connectivity index (χ0) is 24.0. The van der Waals surface area contributed by atoms with Crippen molar-refractivity contribution in [2.24, 2.45) is 0 Å². The normalized spacial score (nSPS) is 13.9. The number of anilines is 1. The first-order valence-corrected chi connectivity index (χ1v) is 12.2. The van der Waals surface area contributed by atoms with Gasteiger partial charge >= 0.3 is 0 Å². The molecule has 33 heavy (non-hydrogen) atoms. The van der Waals surface area contributed by atoms with Gasteiger partial charge in [-0.25, -0.2) is 8.42 Å². The SMILES string of the molecule is C=C1c2c(Cl)ccc(NS(=O)(=O)c3ccc(C(C)(C)C)cc3)c2C(=O)N1Cc1ccncc1. The van der Waals surface area contributed by atoms with Gasteiger partial charge in [-0.2, -0.15) is 0 Å². The lowest BCUT2D eigenvalue weighted by atomic mass is 9.87. The maximum Gasteiger partial charge on any atom is 0.261 e. The number of nitrogens with zero attached hydrogens (tertiary/aromatic N) is 2. The molecule has 1 N–H and O–H groups in total. The maximum absolute atomic E-state index is 13.3. The maximum atomic E-state index is 13.3. The van der Waals surface area contributed by atoms with Crippen molar-refractivity contribution >= 4 is 38.9 Å². The van der Waals surface area contributed by atoms with Crippen LogP contribution in [0.3, 0.4) is 0 Å². The van der Waals surface area contributed by atoms with Crippen LogP contribution in [0.5, 0.6) is 0 Å². The molecule has 2 aromatic carbocycles. The number of hydrogen-bond acceptors (Lipinski definition) is 4. The number of benzene rings is 2.